The van der Waals surface area contributed by atoms with Crippen molar-refractivity contribution in [1.29, 1.82) is 0 Å². The van der Waals surface area contributed by atoms with Gasteiger partial charge in [0, 0.05) is 0 Å². The maximum absolute atomic E-state index is 11.0. The Balaban J connectivity index is 3.19. The Labute approximate surface area is 121 Å². The predicted molar refractivity (Wildman–Crippen MR) is 83.1 cm³/mol. The Morgan fingerprint density at radius 3 is 2.20 bits per heavy atom. The molecule has 1 rings (SSSR count). The normalized spacial score (nSPS) is 13.4. The summed E-state index contributed by atoms with van der Waals surface area (Å²) in [4.78, 5) is -0.101. The molecule has 4 heteroatoms. The summed E-state index contributed by atoms with van der Waals surface area (Å²) in [5, 5.41) is 0. The summed E-state index contributed by atoms with van der Waals surface area (Å²) in [6, 6.07) is 6.16. The first kappa shape index (κ1) is 16.4. The highest BCUT2D eigenvalue weighted by atomic mass is 32.2. The van der Waals surface area contributed by atoms with Gasteiger partial charge in [0.25, 0.3) is 10.1 Å². The van der Waals surface area contributed by atoms with E-state index in [2.05, 4.69) is 13.5 Å². The van der Waals surface area contributed by atoms with Crippen LogP contribution in [0.5, 0.6) is 0 Å². The molecule has 1 aromatic rings. The summed E-state index contributed by atoms with van der Waals surface area (Å²) in [5.41, 5.74) is 4.05. The van der Waals surface area contributed by atoms with Gasteiger partial charge in [-0.25, -0.2) is 0 Å². The Morgan fingerprint density at radius 2 is 1.85 bits per heavy atom. The van der Waals surface area contributed by atoms with Gasteiger partial charge >= 0.3 is 0 Å². The van der Waals surface area contributed by atoms with Crippen molar-refractivity contribution < 1.29 is 13.0 Å². The highest BCUT2D eigenvalue weighted by Crippen LogP contribution is 2.23. The Hall–Kier alpha value is -1.65. The molecular formula is C16H20O3S. The van der Waals surface area contributed by atoms with Gasteiger partial charge in [-0.2, -0.15) is 8.42 Å². The third-order valence-corrected chi connectivity index (χ3v) is 3.92. The van der Waals surface area contributed by atoms with Crippen LogP contribution in [0.3, 0.4) is 0 Å². The molecule has 0 saturated heterocycles. The van der Waals surface area contributed by atoms with E-state index in [0.717, 1.165) is 28.7 Å². The maximum Gasteiger partial charge on any atom is 0.294 e. The van der Waals surface area contributed by atoms with E-state index < -0.39 is 10.1 Å². The number of allylic oxidation sites excluding steroid dienone is 5. The molecule has 0 saturated carbocycles. The van der Waals surface area contributed by atoms with Crippen LogP contribution >= 0.6 is 0 Å². The summed E-state index contributed by atoms with van der Waals surface area (Å²) in [7, 11) is -4.14. The Morgan fingerprint density at radius 1 is 1.30 bits per heavy atom. The van der Waals surface area contributed by atoms with Crippen molar-refractivity contribution in [2.75, 3.05) is 0 Å². The molecule has 0 aliphatic rings. The quantitative estimate of drug-likeness (QED) is 0.652. The van der Waals surface area contributed by atoms with Gasteiger partial charge in [-0.1, -0.05) is 43.4 Å². The third kappa shape index (κ3) is 4.18. The minimum Gasteiger partial charge on any atom is -0.282 e. The lowest BCUT2D eigenvalue weighted by molar-refractivity contribution is 0.483. The van der Waals surface area contributed by atoms with Gasteiger partial charge in [-0.3, -0.25) is 4.55 Å². The summed E-state index contributed by atoms with van der Waals surface area (Å²) in [6.07, 6.45) is 4.89. The van der Waals surface area contributed by atoms with Crippen molar-refractivity contribution in [2.24, 2.45) is 0 Å². The molecule has 0 aliphatic carbocycles. The Bertz CT molecular complexity index is 647. The molecule has 108 valence electrons. The zero-order chi connectivity index (χ0) is 15.3. The number of hydrogen-bond donors (Lipinski definition) is 1. The van der Waals surface area contributed by atoms with E-state index in [9.17, 15) is 8.42 Å². The highest BCUT2D eigenvalue weighted by molar-refractivity contribution is 7.85. The second-order valence-corrected chi connectivity index (χ2v) is 5.97. The molecule has 1 N–H and O–H groups in total. The molecule has 20 heavy (non-hydrogen) atoms. The van der Waals surface area contributed by atoms with Gasteiger partial charge in [-0.15, -0.1) is 0 Å². The molecule has 3 nitrogen and oxygen atoms in total. The van der Waals surface area contributed by atoms with Gasteiger partial charge in [0.2, 0.25) is 0 Å². The largest absolute Gasteiger partial charge is 0.294 e. The Kier molecular flexibility index (Phi) is 5.48. The molecule has 1 aromatic carbocycles. The lowest BCUT2D eigenvalue weighted by atomic mass is 9.98. The molecule has 0 atom stereocenters. The van der Waals surface area contributed by atoms with Crippen molar-refractivity contribution in [3.8, 4) is 0 Å². The minimum absolute atomic E-state index is 0.101. The zero-order valence-corrected chi connectivity index (χ0v) is 12.9. The van der Waals surface area contributed by atoms with Crippen molar-refractivity contribution >= 4 is 15.7 Å². The topological polar surface area (TPSA) is 54.4 Å². The van der Waals surface area contributed by atoms with Crippen LogP contribution in [0.25, 0.3) is 5.57 Å². The monoisotopic (exact) mass is 292 g/mol. The molecule has 0 spiro atoms. The molecule has 0 radical (unpaired) electrons. The van der Waals surface area contributed by atoms with Crippen molar-refractivity contribution in [2.45, 2.75) is 32.1 Å². The van der Waals surface area contributed by atoms with Gasteiger partial charge < -0.3 is 0 Å². The van der Waals surface area contributed by atoms with Crippen molar-refractivity contribution in [3.63, 3.8) is 0 Å². The number of benzene rings is 1. The predicted octanol–water partition coefficient (Wildman–Crippen LogP) is 4.25. The van der Waals surface area contributed by atoms with Crippen molar-refractivity contribution in [1.82, 2.24) is 0 Å². The maximum atomic E-state index is 11.0. The summed E-state index contributed by atoms with van der Waals surface area (Å²) in [6.45, 7) is 9.90. The summed E-state index contributed by atoms with van der Waals surface area (Å²) < 4.78 is 31.0. The second kappa shape index (κ2) is 6.68. The first-order valence-corrected chi connectivity index (χ1v) is 7.84. The van der Waals surface area contributed by atoms with Crippen molar-refractivity contribution in [3.05, 3.63) is 59.7 Å². The standard InChI is InChI=1S/C16H20O3S/c1-5-13(12(3)4)11-14(6-2)15-7-9-16(10-8-15)20(17,18)19/h6-11H,3,5H2,1-2,4H3,(H,17,18,19)/b13-11-,14-6+. The summed E-state index contributed by atoms with van der Waals surface area (Å²) in [5.74, 6) is 0. The molecule has 0 aromatic heterocycles. The zero-order valence-electron chi connectivity index (χ0n) is 12.1. The summed E-state index contributed by atoms with van der Waals surface area (Å²) >= 11 is 0. The molecule has 0 bridgehead atoms. The average molecular weight is 292 g/mol. The van der Waals surface area contributed by atoms with E-state index in [0.29, 0.717) is 0 Å². The highest BCUT2D eigenvalue weighted by Gasteiger charge is 2.09. The molecule has 0 heterocycles. The van der Waals surface area contributed by atoms with Crippen LogP contribution in [0.1, 0.15) is 32.8 Å². The molecule has 0 aliphatic heterocycles. The lowest BCUT2D eigenvalue weighted by Crippen LogP contribution is -1.97. The average Bonchev–Trinajstić information content (AvgIpc) is 2.39. The first-order valence-electron chi connectivity index (χ1n) is 6.40. The van der Waals surface area contributed by atoms with Gasteiger partial charge in [-0.05, 0) is 49.1 Å². The fourth-order valence-corrected chi connectivity index (χ4v) is 2.35. The van der Waals surface area contributed by atoms with Crippen LogP contribution < -0.4 is 0 Å². The third-order valence-electron chi connectivity index (χ3n) is 3.06. The fourth-order valence-electron chi connectivity index (χ4n) is 1.87. The van der Waals surface area contributed by atoms with E-state index in [1.807, 2.05) is 26.0 Å². The van der Waals surface area contributed by atoms with E-state index >= 15 is 0 Å². The van der Waals surface area contributed by atoms with Gasteiger partial charge in [0.15, 0.2) is 0 Å². The van der Waals surface area contributed by atoms with Crippen LogP contribution in [0.4, 0.5) is 0 Å². The van der Waals surface area contributed by atoms with Crippen LogP contribution in [0.2, 0.25) is 0 Å². The molecule has 0 fully saturated rings. The van der Waals surface area contributed by atoms with E-state index in [1.165, 1.54) is 12.1 Å². The van der Waals surface area contributed by atoms with Crippen LogP contribution in [0, 0.1) is 0 Å². The van der Waals surface area contributed by atoms with Crippen LogP contribution in [0.15, 0.2) is 59.0 Å². The SMILES string of the molecule is C=C(C)/C(=C\C(=C/C)c1ccc(S(=O)(=O)O)cc1)CC. The van der Waals surface area contributed by atoms with Crippen LogP contribution in [-0.2, 0) is 10.1 Å². The van der Waals surface area contributed by atoms with Crippen LogP contribution in [-0.4, -0.2) is 13.0 Å². The molecule has 0 amide bonds. The van der Waals surface area contributed by atoms with Gasteiger partial charge in [0.1, 0.15) is 0 Å². The fraction of sp³-hybridized carbons (Fsp3) is 0.250. The molecular weight excluding hydrogens is 272 g/mol. The van der Waals surface area contributed by atoms with Gasteiger partial charge in [0.05, 0.1) is 4.90 Å². The molecule has 0 unspecified atom stereocenters. The van der Waals surface area contributed by atoms with E-state index in [-0.39, 0.29) is 4.90 Å². The van der Waals surface area contributed by atoms with E-state index in [1.54, 1.807) is 12.1 Å². The number of rotatable bonds is 5. The first-order chi connectivity index (χ1) is 9.29. The second-order valence-electron chi connectivity index (χ2n) is 4.55. The minimum atomic E-state index is -4.14. The smallest absolute Gasteiger partial charge is 0.282 e. The number of hydrogen-bond acceptors (Lipinski definition) is 2. The lowest BCUT2D eigenvalue weighted by Gasteiger charge is -2.08. The van der Waals surface area contributed by atoms with E-state index in [4.69, 9.17) is 4.55 Å².